The average Bonchev–Trinajstić information content (AvgIpc) is 2.19. The molecule has 0 amide bonds. The highest BCUT2D eigenvalue weighted by Crippen LogP contribution is 2.22. The maximum Gasteiger partial charge on any atom is 0.573 e. The van der Waals surface area contributed by atoms with Gasteiger partial charge in [0.25, 0.3) is 0 Å². The Kier molecular flexibility index (Phi) is 4.77. The third-order valence-corrected chi connectivity index (χ3v) is 2.04. The first-order valence-electron chi connectivity index (χ1n) is 5.00. The number of rotatable bonds is 5. The van der Waals surface area contributed by atoms with Gasteiger partial charge in [-0.05, 0) is 24.1 Å². The molecule has 1 unspecified atom stereocenters. The number of nitrogens with two attached hydrogens (primary N) is 1. The van der Waals surface area contributed by atoms with E-state index >= 15 is 0 Å². The van der Waals surface area contributed by atoms with Gasteiger partial charge in [0.1, 0.15) is 5.75 Å². The SMILES string of the molecule is COCC(N)Cc1ccc(OC(F)(F)F)cc1. The van der Waals surface area contributed by atoms with Crippen molar-refractivity contribution in [2.45, 2.75) is 18.8 Å². The number of alkyl halides is 3. The number of hydrogen-bond acceptors (Lipinski definition) is 3. The molecule has 0 spiro atoms. The summed E-state index contributed by atoms with van der Waals surface area (Å²) in [5.41, 5.74) is 6.56. The van der Waals surface area contributed by atoms with Gasteiger partial charge in [-0.25, -0.2) is 0 Å². The molecular formula is C11H14F3NO2. The molecule has 0 fully saturated rings. The minimum Gasteiger partial charge on any atom is -0.406 e. The van der Waals surface area contributed by atoms with Crippen molar-refractivity contribution in [2.24, 2.45) is 5.73 Å². The summed E-state index contributed by atoms with van der Waals surface area (Å²) in [5, 5.41) is 0. The Morgan fingerprint density at radius 2 is 1.82 bits per heavy atom. The summed E-state index contributed by atoms with van der Waals surface area (Å²) in [4.78, 5) is 0. The Morgan fingerprint density at radius 3 is 2.29 bits per heavy atom. The molecule has 1 atom stereocenters. The lowest BCUT2D eigenvalue weighted by Crippen LogP contribution is -2.27. The van der Waals surface area contributed by atoms with Crippen molar-refractivity contribution in [3.63, 3.8) is 0 Å². The molecule has 1 aromatic rings. The highest BCUT2D eigenvalue weighted by Gasteiger charge is 2.30. The maximum absolute atomic E-state index is 11.9. The summed E-state index contributed by atoms with van der Waals surface area (Å²) in [6.07, 6.45) is -4.12. The molecule has 0 aliphatic rings. The van der Waals surface area contributed by atoms with Crippen LogP contribution in [-0.2, 0) is 11.2 Å². The lowest BCUT2D eigenvalue weighted by molar-refractivity contribution is -0.274. The standard InChI is InChI=1S/C11H14F3NO2/c1-16-7-9(15)6-8-2-4-10(5-3-8)17-11(12,13)14/h2-5,9H,6-7,15H2,1H3. The molecule has 0 aromatic heterocycles. The van der Waals surface area contributed by atoms with Gasteiger partial charge in [0.05, 0.1) is 6.61 Å². The maximum atomic E-state index is 11.9. The molecule has 2 N–H and O–H groups in total. The van der Waals surface area contributed by atoms with Crippen LogP contribution in [0.4, 0.5) is 13.2 Å². The Bertz CT molecular complexity index is 338. The van der Waals surface area contributed by atoms with Crippen molar-refractivity contribution in [3.8, 4) is 5.75 Å². The molecular weight excluding hydrogens is 235 g/mol. The molecule has 96 valence electrons. The molecule has 0 heterocycles. The molecule has 0 saturated carbocycles. The summed E-state index contributed by atoms with van der Waals surface area (Å²) in [6.45, 7) is 0.404. The van der Waals surface area contributed by atoms with Crippen molar-refractivity contribution in [1.82, 2.24) is 0 Å². The molecule has 0 aliphatic heterocycles. The Morgan fingerprint density at radius 1 is 1.24 bits per heavy atom. The van der Waals surface area contributed by atoms with Crippen LogP contribution in [0.2, 0.25) is 0 Å². The summed E-state index contributed by atoms with van der Waals surface area (Å²) in [5.74, 6) is -0.235. The molecule has 0 bridgehead atoms. The Balaban J connectivity index is 2.56. The van der Waals surface area contributed by atoms with Crippen LogP contribution in [0.5, 0.6) is 5.75 Å². The van der Waals surface area contributed by atoms with Crippen molar-refractivity contribution >= 4 is 0 Å². The lowest BCUT2D eigenvalue weighted by atomic mass is 10.1. The molecule has 17 heavy (non-hydrogen) atoms. The summed E-state index contributed by atoms with van der Waals surface area (Å²) < 4.78 is 44.3. The zero-order valence-electron chi connectivity index (χ0n) is 9.33. The molecule has 1 aromatic carbocycles. The van der Waals surface area contributed by atoms with E-state index in [1.807, 2.05) is 0 Å². The highest BCUT2D eigenvalue weighted by atomic mass is 19.4. The van der Waals surface area contributed by atoms with Crippen LogP contribution in [0.1, 0.15) is 5.56 Å². The van der Waals surface area contributed by atoms with E-state index in [9.17, 15) is 13.2 Å². The van der Waals surface area contributed by atoms with Gasteiger partial charge in [-0.3, -0.25) is 0 Å². The topological polar surface area (TPSA) is 44.5 Å². The monoisotopic (exact) mass is 249 g/mol. The first-order valence-corrected chi connectivity index (χ1v) is 5.00. The number of benzene rings is 1. The highest BCUT2D eigenvalue weighted by molar-refractivity contribution is 5.27. The van der Waals surface area contributed by atoms with Crippen LogP contribution in [0, 0.1) is 0 Å². The molecule has 3 nitrogen and oxygen atoms in total. The summed E-state index contributed by atoms with van der Waals surface area (Å²) in [6, 6.07) is 5.46. The first-order chi connectivity index (χ1) is 7.90. The van der Waals surface area contributed by atoms with E-state index in [2.05, 4.69) is 4.74 Å². The quantitative estimate of drug-likeness (QED) is 0.869. The van der Waals surface area contributed by atoms with Crippen LogP contribution in [0.25, 0.3) is 0 Å². The summed E-state index contributed by atoms with van der Waals surface area (Å²) >= 11 is 0. The van der Waals surface area contributed by atoms with Crippen LogP contribution in [0.15, 0.2) is 24.3 Å². The minimum absolute atomic E-state index is 0.172. The van der Waals surface area contributed by atoms with Gasteiger partial charge in [0.2, 0.25) is 0 Å². The van der Waals surface area contributed by atoms with Gasteiger partial charge in [0, 0.05) is 13.2 Å². The van der Waals surface area contributed by atoms with Gasteiger partial charge in [-0.15, -0.1) is 13.2 Å². The van der Waals surface area contributed by atoms with Crippen LogP contribution < -0.4 is 10.5 Å². The molecule has 0 saturated heterocycles. The lowest BCUT2D eigenvalue weighted by Gasteiger charge is -2.12. The zero-order valence-corrected chi connectivity index (χ0v) is 9.33. The second-order valence-electron chi connectivity index (χ2n) is 3.61. The fourth-order valence-corrected chi connectivity index (χ4v) is 1.40. The van der Waals surface area contributed by atoms with E-state index in [0.29, 0.717) is 13.0 Å². The molecule has 0 radical (unpaired) electrons. The largest absolute Gasteiger partial charge is 0.573 e. The summed E-state index contributed by atoms with van der Waals surface area (Å²) in [7, 11) is 1.54. The van der Waals surface area contributed by atoms with Crippen molar-refractivity contribution < 1.29 is 22.6 Å². The number of methoxy groups -OCH3 is 1. The fraction of sp³-hybridized carbons (Fsp3) is 0.455. The second-order valence-corrected chi connectivity index (χ2v) is 3.61. The Labute approximate surface area is 97.3 Å². The zero-order chi connectivity index (χ0) is 12.9. The van der Waals surface area contributed by atoms with Crippen LogP contribution in [-0.4, -0.2) is 26.1 Å². The predicted octanol–water partition coefficient (Wildman–Crippen LogP) is 2.10. The molecule has 0 aliphatic carbocycles. The van der Waals surface area contributed by atoms with Gasteiger partial charge in [-0.1, -0.05) is 12.1 Å². The van der Waals surface area contributed by atoms with Crippen molar-refractivity contribution in [3.05, 3.63) is 29.8 Å². The van der Waals surface area contributed by atoms with E-state index in [-0.39, 0.29) is 11.8 Å². The van der Waals surface area contributed by atoms with Gasteiger partial charge in [0.15, 0.2) is 0 Å². The second kappa shape index (κ2) is 5.88. The fourth-order valence-electron chi connectivity index (χ4n) is 1.40. The third kappa shape index (κ3) is 5.55. The van der Waals surface area contributed by atoms with E-state index in [1.165, 1.54) is 12.1 Å². The predicted molar refractivity (Wildman–Crippen MR) is 56.7 cm³/mol. The first kappa shape index (κ1) is 13.8. The van der Waals surface area contributed by atoms with Crippen molar-refractivity contribution in [2.75, 3.05) is 13.7 Å². The van der Waals surface area contributed by atoms with E-state index in [4.69, 9.17) is 10.5 Å². The third-order valence-electron chi connectivity index (χ3n) is 2.04. The average molecular weight is 249 g/mol. The molecule has 1 rings (SSSR count). The van der Waals surface area contributed by atoms with Crippen molar-refractivity contribution in [1.29, 1.82) is 0 Å². The Hall–Kier alpha value is -1.27. The van der Waals surface area contributed by atoms with Crippen LogP contribution in [0.3, 0.4) is 0 Å². The van der Waals surface area contributed by atoms with E-state index in [0.717, 1.165) is 5.56 Å². The van der Waals surface area contributed by atoms with Crippen LogP contribution >= 0.6 is 0 Å². The van der Waals surface area contributed by atoms with Gasteiger partial charge >= 0.3 is 6.36 Å². The van der Waals surface area contributed by atoms with Gasteiger partial charge < -0.3 is 15.2 Å². The van der Waals surface area contributed by atoms with Gasteiger partial charge in [-0.2, -0.15) is 0 Å². The molecule has 6 heteroatoms. The van der Waals surface area contributed by atoms with E-state index < -0.39 is 6.36 Å². The number of hydrogen-bond donors (Lipinski definition) is 1. The minimum atomic E-state index is -4.66. The normalized spacial score (nSPS) is 13.5. The number of halogens is 3. The smallest absolute Gasteiger partial charge is 0.406 e. The van der Waals surface area contributed by atoms with E-state index in [1.54, 1.807) is 19.2 Å². The number of ether oxygens (including phenoxy) is 2.